The molecule has 0 radical (unpaired) electrons. The molecule has 23 heavy (non-hydrogen) atoms. The Morgan fingerprint density at radius 1 is 1.35 bits per heavy atom. The summed E-state index contributed by atoms with van der Waals surface area (Å²) in [5.74, 6) is -0.338. The van der Waals surface area contributed by atoms with E-state index in [-0.39, 0.29) is 12.5 Å². The Morgan fingerprint density at radius 2 is 2.04 bits per heavy atom. The molecule has 0 aliphatic heterocycles. The van der Waals surface area contributed by atoms with Gasteiger partial charge in [0, 0.05) is 0 Å². The van der Waals surface area contributed by atoms with Gasteiger partial charge in [0.2, 0.25) is 0 Å². The van der Waals surface area contributed by atoms with Gasteiger partial charge in [-0.25, -0.2) is 4.79 Å². The molecule has 0 heterocycles. The number of nitrogens with one attached hydrogen (secondary N) is 1. The first kappa shape index (κ1) is 16.8. The number of nitrogens with zero attached hydrogens (tertiary/aromatic N) is 1. The Bertz CT molecular complexity index is 634. The van der Waals surface area contributed by atoms with Crippen molar-refractivity contribution in [3.05, 3.63) is 29.8 Å². The molecule has 122 valence electrons. The lowest BCUT2D eigenvalue weighted by Gasteiger charge is -2.22. The van der Waals surface area contributed by atoms with Gasteiger partial charge in [0.05, 0.1) is 6.07 Å². The van der Waals surface area contributed by atoms with Crippen molar-refractivity contribution in [2.45, 2.75) is 32.2 Å². The third kappa shape index (κ3) is 4.71. The van der Waals surface area contributed by atoms with Crippen molar-refractivity contribution >= 4 is 11.9 Å². The summed E-state index contributed by atoms with van der Waals surface area (Å²) in [6, 6.07) is 9.42. The van der Waals surface area contributed by atoms with Crippen molar-refractivity contribution in [3.8, 4) is 11.8 Å². The minimum absolute atomic E-state index is 0.177. The number of hydrogen-bond donors (Lipinski definition) is 1. The molecule has 1 saturated carbocycles. The van der Waals surface area contributed by atoms with Crippen LogP contribution in [0.2, 0.25) is 0 Å². The fourth-order valence-electron chi connectivity index (χ4n) is 2.25. The molecule has 6 heteroatoms. The lowest BCUT2D eigenvalue weighted by molar-refractivity contribution is -0.150. The molecule has 2 rings (SSSR count). The third-order valence-corrected chi connectivity index (χ3v) is 3.83. The summed E-state index contributed by atoms with van der Waals surface area (Å²) < 4.78 is 10.2. The van der Waals surface area contributed by atoms with E-state index >= 15 is 0 Å². The van der Waals surface area contributed by atoms with Gasteiger partial charge in [-0.1, -0.05) is 18.2 Å². The Kier molecular flexibility index (Phi) is 5.22. The second-order valence-electron chi connectivity index (χ2n) is 5.85. The van der Waals surface area contributed by atoms with Crippen LogP contribution < -0.4 is 10.1 Å². The summed E-state index contributed by atoms with van der Waals surface area (Å²) in [5, 5.41) is 11.8. The van der Waals surface area contributed by atoms with Gasteiger partial charge < -0.3 is 14.8 Å². The standard InChI is InChI=1S/C17H20N2O4/c1-12-5-3-4-6-14(12)22-10-16(21)23-9-15(20)19-17(2,11-18)13-7-8-13/h3-6,13H,7-10H2,1-2H3,(H,19,20)/t17-/m1/s1. The van der Waals surface area contributed by atoms with Crippen LogP contribution >= 0.6 is 0 Å². The van der Waals surface area contributed by atoms with Crippen LogP contribution in [0.3, 0.4) is 0 Å². The van der Waals surface area contributed by atoms with E-state index in [4.69, 9.17) is 14.7 Å². The van der Waals surface area contributed by atoms with E-state index in [0.717, 1.165) is 18.4 Å². The monoisotopic (exact) mass is 316 g/mol. The van der Waals surface area contributed by atoms with Crippen molar-refractivity contribution < 1.29 is 19.1 Å². The first-order valence-electron chi connectivity index (χ1n) is 7.51. The number of benzene rings is 1. The van der Waals surface area contributed by atoms with Gasteiger partial charge >= 0.3 is 5.97 Å². The topological polar surface area (TPSA) is 88.4 Å². The summed E-state index contributed by atoms with van der Waals surface area (Å²) in [6.07, 6.45) is 1.85. The zero-order valence-electron chi connectivity index (χ0n) is 13.3. The van der Waals surface area contributed by atoms with Crippen molar-refractivity contribution in [2.24, 2.45) is 5.92 Å². The molecule has 1 aliphatic carbocycles. The summed E-state index contributed by atoms with van der Waals surface area (Å²) in [4.78, 5) is 23.4. The van der Waals surface area contributed by atoms with Crippen molar-refractivity contribution in [1.82, 2.24) is 5.32 Å². The lowest BCUT2D eigenvalue weighted by Crippen LogP contribution is -2.48. The van der Waals surface area contributed by atoms with Crippen LogP contribution in [0, 0.1) is 24.2 Å². The van der Waals surface area contributed by atoms with E-state index in [0.29, 0.717) is 5.75 Å². The number of esters is 1. The van der Waals surface area contributed by atoms with Crippen LogP contribution in [0.1, 0.15) is 25.3 Å². The summed E-state index contributed by atoms with van der Waals surface area (Å²) >= 11 is 0. The summed E-state index contributed by atoms with van der Waals surface area (Å²) in [6.45, 7) is 2.87. The van der Waals surface area contributed by atoms with Crippen LogP contribution in [0.25, 0.3) is 0 Å². The highest BCUT2D eigenvalue weighted by molar-refractivity contribution is 5.81. The zero-order valence-corrected chi connectivity index (χ0v) is 13.3. The molecule has 0 spiro atoms. The number of aryl methyl sites for hydroxylation is 1. The molecule has 1 N–H and O–H groups in total. The van der Waals surface area contributed by atoms with Crippen LogP contribution in [0.15, 0.2) is 24.3 Å². The van der Waals surface area contributed by atoms with Crippen molar-refractivity contribution in [2.75, 3.05) is 13.2 Å². The molecule has 1 aliphatic rings. The van der Waals surface area contributed by atoms with Gasteiger partial charge in [0.1, 0.15) is 11.3 Å². The second-order valence-corrected chi connectivity index (χ2v) is 5.85. The van der Waals surface area contributed by atoms with Crippen LogP contribution in [0.5, 0.6) is 5.75 Å². The molecular weight excluding hydrogens is 296 g/mol. The zero-order chi connectivity index (χ0) is 16.9. The van der Waals surface area contributed by atoms with Gasteiger partial charge in [-0.15, -0.1) is 0 Å². The summed E-state index contributed by atoms with van der Waals surface area (Å²) in [5.41, 5.74) is 0.0217. The molecule has 0 aromatic heterocycles. The second kappa shape index (κ2) is 7.14. The molecule has 1 atom stereocenters. The quantitative estimate of drug-likeness (QED) is 0.774. The lowest BCUT2D eigenvalue weighted by atomic mass is 9.98. The predicted octanol–water partition coefficient (Wildman–Crippen LogP) is 1.73. The van der Waals surface area contributed by atoms with E-state index in [9.17, 15) is 9.59 Å². The molecule has 0 unspecified atom stereocenters. The van der Waals surface area contributed by atoms with E-state index < -0.39 is 24.0 Å². The largest absolute Gasteiger partial charge is 0.482 e. The maximum Gasteiger partial charge on any atom is 0.344 e. The van der Waals surface area contributed by atoms with E-state index in [1.165, 1.54) is 0 Å². The minimum atomic E-state index is -0.888. The molecule has 1 fully saturated rings. The number of nitriles is 1. The molecule has 1 aromatic carbocycles. The smallest absolute Gasteiger partial charge is 0.344 e. The van der Waals surface area contributed by atoms with E-state index in [1.54, 1.807) is 13.0 Å². The van der Waals surface area contributed by atoms with Crippen LogP contribution in [0.4, 0.5) is 0 Å². The number of amides is 1. The third-order valence-electron chi connectivity index (χ3n) is 3.83. The number of carbonyl (C=O) groups excluding carboxylic acids is 2. The molecule has 1 amide bonds. The fraction of sp³-hybridized carbons (Fsp3) is 0.471. The normalized spacial score (nSPS) is 15.9. The van der Waals surface area contributed by atoms with Crippen LogP contribution in [-0.4, -0.2) is 30.6 Å². The van der Waals surface area contributed by atoms with Crippen molar-refractivity contribution in [1.29, 1.82) is 5.26 Å². The fourth-order valence-corrected chi connectivity index (χ4v) is 2.25. The van der Waals surface area contributed by atoms with Crippen LogP contribution in [-0.2, 0) is 14.3 Å². The number of hydrogen-bond acceptors (Lipinski definition) is 5. The average molecular weight is 316 g/mol. The molecule has 6 nitrogen and oxygen atoms in total. The Balaban J connectivity index is 1.73. The molecule has 1 aromatic rings. The van der Waals surface area contributed by atoms with E-state index in [2.05, 4.69) is 11.4 Å². The van der Waals surface area contributed by atoms with Gasteiger partial charge in [-0.2, -0.15) is 5.26 Å². The first-order chi connectivity index (χ1) is 10.9. The number of para-hydroxylation sites is 1. The highest BCUT2D eigenvalue weighted by Gasteiger charge is 2.43. The SMILES string of the molecule is Cc1ccccc1OCC(=O)OCC(=O)N[C@](C)(C#N)C1CC1. The Hall–Kier alpha value is -2.55. The number of carbonyl (C=O) groups is 2. The van der Waals surface area contributed by atoms with Gasteiger partial charge in [0.25, 0.3) is 5.91 Å². The van der Waals surface area contributed by atoms with Gasteiger partial charge in [0.15, 0.2) is 13.2 Å². The highest BCUT2D eigenvalue weighted by Crippen LogP contribution is 2.39. The predicted molar refractivity (Wildman–Crippen MR) is 82.5 cm³/mol. The molecule has 0 bridgehead atoms. The maximum absolute atomic E-state index is 11.8. The first-order valence-corrected chi connectivity index (χ1v) is 7.51. The number of ether oxygens (including phenoxy) is 2. The maximum atomic E-state index is 11.8. The van der Waals surface area contributed by atoms with E-state index in [1.807, 2.05) is 25.1 Å². The minimum Gasteiger partial charge on any atom is -0.482 e. The average Bonchev–Trinajstić information content (AvgIpc) is 3.37. The Morgan fingerprint density at radius 3 is 2.65 bits per heavy atom. The molecular formula is C17H20N2O4. The summed E-state index contributed by atoms with van der Waals surface area (Å²) in [7, 11) is 0. The highest BCUT2D eigenvalue weighted by atomic mass is 16.6. The number of rotatable bonds is 7. The van der Waals surface area contributed by atoms with Crippen molar-refractivity contribution in [3.63, 3.8) is 0 Å². The molecule has 0 saturated heterocycles. The van der Waals surface area contributed by atoms with Gasteiger partial charge in [-0.05, 0) is 44.2 Å². The Labute approximate surface area is 135 Å². The van der Waals surface area contributed by atoms with Gasteiger partial charge in [-0.3, -0.25) is 4.79 Å².